The van der Waals surface area contributed by atoms with Crippen molar-refractivity contribution in [2.24, 2.45) is 10.9 Å². The third kappa shape index (κ3) is 3.35. The average Bonchev–Trinajstić information content (AvgIpc) is 2.42. The molecule has 0 fully saturated rings. The molecule has 0 aromatic heterocycles. The standard InChI is InChI=1S/C14H8Cl2F2N2O2/c15-8-4-7(6-20-19)13(9(16)5-8)22-14(21)12-10(17)2-1-3-11(12)18/h1-6H,19H2. The SMILES string of the molecule is NN=Cc1cc(Cl)cc(Cl)c1OC(=O)c1c(F)cccc1F. The Balaban J connectivity index is 2.45. The van der Waals surface area contributed by atoms with Crippen LogP contribution in [-0.4, -0.2) is 12.2 Å². The van der Waals surface area contributed by atoms with Crippen LogP contribution in [-0.2, 0) is 0 Å². The van der Waals surface area contributed by atoms with Crippen molar-refractivity contribution >= 4 is 35.4 Å². The molecular formula is C14H8Cl2F2N2O2. The first-order valence-electron chi connectivity index (χ1n) is 5.82. The van der Waals surface area contributed by atoms with E-state index in [-0.39, 0.29) is 21.4 Å². The Bertz CT molecular complexity index is 746. The molecule has 2 aromatic rings. The second-order valence-electron chi connectivity index (χ2n) is 4.07. The highest BCUT2D eigenvalue weighted by Gasteiger charge is 2.21. The number of carbonyl (C=O) groups excluding carboxylic acids is 1. The fourth-order valence-electron chi connectivity index (χ4n) is 1.70. The van der Waals surface area contributed by atoms with Gasteiger partial charge in [-0.05, 0) is 24.3 Å². The smallest absolute Gasteiger partial charge is 0.349 e. The van der Waals surface area contributed by atoms with E-state index < -0.39 is 23.2 Å². The molecular weight excluding hydrogens is 337 g/mol. The number of nitrogens with two attached hydrogens (primary N) is 1. The summed E-state index contributed by atoms with van der Waals surface area (Å²) in [6.45, 7) is 0. The van der Waals surface area contributed by atoms with E-state index in [9.17, 15) is 13.6 Å². The molecule has 0 saturated carbocycles. The van der Waals surface area contributed by atoms with Crippen molar-refractivity contribution in [1.29, 1.82) is 0 Å². The van der Waals surface area contributed by atoms with Gasteiger partial charge in [-0.3, -0.25) is 0 Å². The molecule has 0 aliphatic carbocycles. The molecule has 0 saturated heterocycles. The van der Waals surface area contributed by atoms with Crippen LogP contribution in [0.1, 0.15) is 15.9 Å². The van der Waals surface area contributed by atoms with Crippen LogP contribution in [0.3, 0.4) is 0 Å². The van der Waals surface area contributed by atoms with Crippen LogP contribution in [0, 0.1) is 11.6 Å². The number of halogens is 4. The van der Waals surface area contributed by atoms with Crippen molar-refractivity contribution in [2.75, 3.05) is 0 Å². The Hall–Kier alpha value is -2.18. The Labute approximate surface area is 134 Å². The molecule has 2 rings (SSSR count). The molecule has 0 atom stereocenters. The summed E-state index contributed by atoms with van der Waals surface area (Å²) in [5.41, 5.74) is -0.644. The molecule has 0 spiro atoms. The summed E-state index contributed by atoms with van der Waals surface area (Å²) >= 11 is 11.7. The molecule has 114 valence electrons. The topological polar surface area (TPSA) is 64.7 Å². The summed E-state index contributed by atoms with van der Waals surface area (Å²) in [4.78, 5) is 12.0. The van der Waals surface area contributed by atoms with Crippen LogP contribution in [0.15, 0.2) is 35.4 Å². The van der Waals surface area contributed by atoms with Gasteiger partial charge in [-0.25, -0.2) is 13.6 Å². The van der Waals surface area contributed by atoms with E-state index in [0.29, 0.717) is 0 Å². The molecule has 8 heteroatoms. The van der Waals surface area contributed by atoms with E-state index in [1.54, 1.807) is 0 Å². The second kappa shape index (κ2) is 6.72. The molecule has 0 heterocycles. The predicted octanol–water partition coefficient (Wildman–Crippen LogP) is 3.78. The Kier molecular flexibility index (Phi) is 4.95. The van der Waals surface area contributed by atoms with Crippen LogP contribution >= 0.6 is 23.2 Å². The van der Waals surface area contributed by atoms with Crippen molar-refractivity contribution in [2.45, 2.75) is 0 Å². The molecule has 0 aliphatic heterocycles. The van der Waals surface area contributed by atoms with Gasteiger partial charge in [0.15, 0.2) is 5.75 Å². The lowest BCUT2D eigenvalue weighted by molar-refractivity contribution is 0.0724. The lowest BCUT2D eigenvalue weighted by atomic mass is 10.2. The summed E-state index contributed by atoms with van der Waals surface area (Å²) in [6, 6.07) is 5.68. The van der Waals surface area contributed by atoms with Gasteiger partial charge in [-0.1, -0.05) is 29.3 Å². The maximum Gasteiger partial charge on any atom is 0.349 e. The Morgan fingerprint density at radius 3 is 2.45 bits per heavy atom. The van der Waals surface area contributed by atoms with Gasteiger partial charge in [0, 0.05) is 10.6 Å². The first-order valence-corrected chi connectivity index (χ1v) is 6.58. The van der Waals surface area contributed by atoms with Crippen molar-refractivity contribution in [3.8, 4) is 5.75 Å². The zero-order valence-corrected chi connectivity index (χ0v) is 12.3. The van der Waals surface area contributed by atoms with Gasteiger partial charge in [0.1, 0.15) is 17.2 Å². The van der Waals surface area contributed by atoms with Gasteiger partial charge in [-0.2, -0.15) is 5.10 Å². The number of esters is 1. The van der Waals surface area contributed by atoms with Gasteiger partial charge in [0.2, 0.25) is 0 Å². The molecule has 4 nitrogen and oxygen atoms in total. The van der Waals surface area contributed by atoms with E-state index >= 15 is 0 Å². The van der Waals surface area contributed by atoms with Gasteiger partial charge >= 0.3 is 5.97 Å². The number of hydrogen-bond donors (Lipinski definition) is 1. The number of benzene rings is 2. The van der Waals surface area contributed by atoms with E-state index in [1.165, 1.54) is 12.1 Å². The molecule has 2 aromatic carbocycles. The third-order valence-electron chi connectivity index (χ3n) is 2.61. The Morgan fingerprint density at radius 1 is 1.23 bits per heavy atom. The number of ether oxygens (including phenoxy) is 1. The predicted molar refractivity (Wildman–Crippen MR) is 79.6 cm³/mol. The molecule has 22 heavy (non-hydrogen) atoms. The largest absolute Gasteiger partial charge is 0.420 e. The number of rotatable bonds is 3. The first kappa shape index (κ1) is 16.2. The molecule has 0 unspecified atom stereocenters. The number of hydrogen-bond acceptors (Lipinski definition) is 4. The van der Waals surface area contributed by atoms with E-state index in [2.05, 4.69) is 5.10 Å². The van der Waals surface area contributed by atoms with Gasteiger partial charge in [0.25, 0.3) is 0 Å². The highest BCUT2D eigenvalue weighted by molar-refractivity contribution is 6.36. The average molecular weight is 345 g/mol. The van der Waals surface area contributed by atoms with Crippen LogP contribution in [0.5, 0.6) is 5.75 Å². The van der Waals surface area contributed by atoms with Crippen LogP contribution in [0.25, 0.3) is 0 Å². The van der Waals surface area contributed by atoms with Gasteiger partial charge < -0.3 is 10.6 Å². The Morgan fingerprint density at radius 2 is 1.86 bits per heavy atom. The lowest BCUT2D eigenvalue weighted by Gasteiger charge is -2.10. The van der Waals surface area contributed by atoms with E-state index in [1.807, 2.05) is 0 Å². The fourth-order valence-corrected chi connectivity index (χ4v) is 2.25. The van der Waals surface area contributed by atoms with Crippen molar-refractivity contribution in [3.63, 3.8) is 0 Å². The van der Waals surface area contributed by atoms with Crippen molar-refractivity contribution in [3.05, 3.63) is 63.1 Å². The van der Waals surface area contributed by atoms with Gasteiger partial charge in [-0.15, -0.1) is 0 Å². The summed E-state index contributed by atoms with van der Waals surface area (Å²) in [5, 5.41) is 3.49. The zero-order valence-electron chi connectivity index (χ0n) is 10.8. The minimum Gasteiger partial charge on any atom is -0.420 e. The minimum atomic E-state index is -1.24. The van der Waals surface area contributed by atoms with Crippen LogP contribution in [0.4, 0.5) is 8.78 Å². The minimum absolute atomic E-state index is 0.0347. The molecule has 0 radical (unpaired) electrons. The number of hydrazone groups is 1. The second-order valence-corrected chi connectivity index (χ2v) is 4.91. The number of carbonyl (C=O) groups is 1. The summed E-state index contributed by atoms with van der Waals surface area (Å²) in [6.07, 6.45) is 1.14. The van der Waals surface area contributed by atoms with E-state index in [4.69, 9.17) is 33.8 Å². The molecule has 0 bridgehead atoms. The molecule has 0 aliphatic rings. The maximum atomic E-state index is 13.6. The van der Waals surface area contributed by atoms with Gasteiger partial charge in [0.05, 0.1) is 11.2 Å². The summed E-state index contributed by atoms with van der Waals surface area (Å²) < 4.78 is 32.1. The summed E-state index contributed by atoms with van der Waals surface area (Å²) in [7, 11) is 0. The first-order chi connectivity index (χ1) is 10.4. The highest BCUT2D eigenvalue weighted by Crippen LogP contribution is 2.32. The maximum absolute atomic E-state index is 13.6. The van der Waals surface area contributed by atoms with Crippen molar-refractivity contribution in [1.82, 2.24) is 0 Å². The fraction of sp³-hybridized carbons (Fsp3) is 0. The summed E-state index contributed by atoms with van der Waals surface area (Å²) in [5.74, 6) is 1.54. The van der Waals surface area contributed by atoms with Crippen LogP contribution < -0.4 is 10.6 Å². The highest BCUT2D eigenvalue weighted by atomic mass is 35.5. The number of nitrogens with zero attached hydrogens (tertiary/aromatic N) is 1. The molecule has 2 N–H and O–H groups in total. The monoisotopic (exact) mass is 344 g/mol. The zero-order chi connectivity index (χ0) is 16.3. The molecule has 0 amide bonds. The van der Waals surface area contributed by atoms with Crippen LogP contribution in [0.2, 0.25) is 10.0 Å². The normalized spacial score (nSPS) is 10.9. The third-order valence-corrected chi connectivity index (χ3v) is 3.11. The quantitative estimate of drug-likeness (QED) is 0.303. The van der Waals surface area contributed by atoms with E-state index in [0.717, 1.165) is 24.4 Å². The van der Waals surface area contributed by atoms with Crippen molar-refractivity contribution < 1.29 is 18.3 Å². The lowest BCUT2D eigenvalue weighted by Crippen LogP contribution is -2.14.